The number of anilines is 4. The zero-order valence-electron chi connectivity index (χ0n) is 16.7. The largest absolute Gasteiger partial charge is 0.492 e. The molecule has 1 atom stereocenters. The van der Waals surface area contributed by atoms with Crippen molar-refractivity contribution in [2.24, 2.45) is 0 Å². The fraction of sp³-hybridized carbons (Fsp3) is 0.0909. The number of ether oxygens (including phenoxy) is 1. The molecule has 4 heterocycles. The Bertz CT molecular complexity index is 1520. The molecule has 158 valence electrons. The van der Waals surface area contributed by atoms with Crippen molar-refractivity contribution in [1.82, 2.24) is 30.4 Å². The summed E-state index contributed by atoms with van der Waals surface area (Å²) in [7, 11) is 0. The molecule has 1 aliphatic rings. The van der Waals surface area contributed by atoms with Crippen molar-refractivity contribution in [3.63, 3.8) is 0 Å². The Kier molecular flexibility index (Phi) is 4.13. The van der Waals surface area contributed by atoms with Crippen molar-refractivity contribution in [1.29, 1.82) is 0 Å². The number of hydrogen-bond donors (Lipinski definition) is 5. The summed E-state index contributed by atoms with van der Waals surface area (Å²) in [6.07, 6.45) is 4.44. The highest BCUT2D eigenvalue weighted by Gasteiger charge is 2.18. The summed E-state index contributed by atoms with van der Waals surface area (Å²) in [6, 6.07) is 15.0. The average molecular weight is 426 g/mol. The molecule has 0 saturated heterocycles. The van der Waals surface area contributed by atoms with Gasteiger partial charge in [-0.1, -0.05) is 12.1 Å². The van der Waals surface area contributed by atoms with Gasteiger partial charge in [0.15, 0.2) is 5.82 Å². The second kappa shape index (κ2) is 7.27. The number of hydrogen-bond acceptors (Lipinski definition) is 7. The van der Waals surface area contributed by atoms with E-state index in [4.69, 9.17) is 4.74 Å². The molecule has 0 spiro atoms. The summed E-state index contributed by atoms with van der Waals surface area (Å²) in [6.45, 7) is 0. The third kappa shape index (κ3) is 3.23. The van der Waals surface area contributed by atoms with E-state index in [9.17, 15) is 4.79 Å². The van der Waals surface area contributed by atoms with E-state index in [0.717, 1.165) is 28.7 Å². The Hall–Kier alpha value is -4.60. The number of H-pyrrole nitrogens is 3. The number of nitrogens with zero attached hydrogens (tertiary/aromatic N) is 3. The van der Waals surface area contributed by atoms with Gasteiger partial charge in [-0.3, -0.25) is 20.1 Å². The van der Waals surface area contributed by atoms with Crippen LogP contribution >= 0.6 is 0 Å². The first-order valence-electron chi connectivity index (χ1n) is 10.1. The molecule has 0 radical (unpaired) electrons. The predicted molar refractivity (Wildman–Crippen MR) is 121 cm³/mol. The molecule has 10 heteroatoms. The second-order valence-corrected chi connectivity index (χ2v) is 7.44. The smallest absolute Gasteiger partial charge is 0.271 e. The highest BCUT2D eigenvalue weighted by molar-refractivity contribution is 5.92. The quantitative estimate of drug-likeness (QED) is 0.287. The minimum Gasteiger partial charge on any atom is -0.492 e. The number of rotatable bonds is 5. The number of aromatic nitrogens is 6. The normalized spacial score (nSPS) is 15.3. The molecule has 10 nitrogen and oxygen atoms in total. The molecular weight excluding hydrogens is 408 g/mol. The molecule has 0 saturated carbocycles. The SMILES string of the molecule is O=c1[nH][nH]c2cc(Nc3nc(Nc4cc(C5CC=CO5)[nH]n4)c4ccccc4n3)ccc12. The van der Waals surface area contributed by atoms with Crippen molar-refractivity contribution < 1.29 is 4.74 Å². The van der Waals surface area contributed by atoms with Crippen LogP contribution in [-0.4, -0.2) is 30.4 Å². The van der Waals surface area contributed by atoms with Crippen molar-refractivity contribution in [3.8, 4) is 0 Å². The fourth-order valence-corrected chi connectivity index (χ4v) is 3.74. The van der Waals surface area contributed by atoms with Gasteiger partial charge in [0.05, 0.1) is 28.4 Å². The summed E-state index contributed by atoms with van der Waals surface area (Å²) < 4.78 is 5.55. The van der Waals surface area contributed by atoms with E-state index < -0.39 is 0 Å². The van der Waals surface area contributed by atoms with Crippen LogP contribution < -0.4 is 16.2 Å². The van der Waals surface area contributed by atoms with Crippen LogP contribution in [0.5, 0.6) is 0 Å². The first kappa shape index (κ1) is 18.2. The minimum atomic E-state index is -0.155. The molecule has 1 unspecified atom stereocenters. The van der Waals surface area contributed by atoms with E-state index in [0.29, 0.717) is 28.5 Å². The Morgan fingerprint density at radius 3 is 2.84 bits per heavy atom. The number of nitrogens with one attached hydrogen (secondary N) is 5. The Balaban J connectivity index is 1.33. The van der Waals surface area contributed by atoms with Gasteiger partial charge >= 0.3 is 0 Å². The zero-order chi connectivity index (χ0) is 21.5. The van der Waals surface area contributed by atoms with Gasteiger partial charge in [0.25, 0.3) is 5.56 Å². The number of para-hydroxylation sites is 1. The van der Waals surface area contributed by atoms with Crippen LogP contribution in [0.1, 0.15) is 18.2 Å². The second-order valence-electron chi connectivity index (χ2n) is 7.44. The Morgan fingerprint density at radius 2 is 1.94 bits per heavy atom. The third-order valence-corrected chi connectivity index (χ3v) is 5.31. The monoisotopic (exact) mass is 426 g/mol. The summed E-state index contributed by atoms with van der Waals surface area (Å²) >= 11 is 0. The van der Waals surface area contributed by atoms with Crippen LogP contribution in [0.2, 0.25) is 0 Å². The molecule has 5 aromatic rings. The predicted octanol–water partition coefficient (Wildman–Crippen LogP) is 3.98. The molecule has 6 rings (SSSR count). The molecule has 0 aliphatic carbocycles. The maximum Gasteiger partial charge on any atom is 0.271 e. The van der Waals surface area contributed by atoms with Crippen LogP contribution in [0, 0.1) is 0 Å². The third-order valence-electron chi connectivity index (χ3n) is 5.31. The van der Waals surface area contributed by atoms with E-state index in [1.165, 1.54) is 0 Å². The van der Waals surface area contributed by atoms with Crippen molar-refractivity contribution in [2.75, 3.05) is 10.6 Å². The van der Waals surface area contributed by atoms with Gasteiger partial charge in [-0.15, -0.1) is 0 Å². The van der Waals surface area contributed by atoms with Crippen LogP contribution in [0.25, 0.3) is 21.8 Å². The molecule has 0 fully saturated rings. The van der Waals surface area contributed by atoms with Crippen molar-refractivity contribution in [3.05, 3.63) is 76.9 Å². The summed E-state index contributed by atoms with van der Waals surface area (Å²) in [5, 5.41) is 20.8. The molecule has 1 aliphatic heterocycles. The standard InChI is InChI=1S/C22H18N8O2/c31-21-14-8-7-12(10-16(14)27-30-21)23-22-24-15-5-2-1-4-13(15)20(26-22)25-19-11-17(28-29-19)18-6-3-9-32-18/h1-5,7-11,18H,6H2,(H2,27,30,31)(H3,23,24,25,26,28,29). The van der Waals surface area contributed by atoms with Gasteiger partial charge in [0.1, 0.15) is 11.9 Å². The van der Waals surface area contributed by atoms with E-state index >= 15 is 0 Å². The van der Waals surface area contributed by atoms with Crippen LogP contribution in [0.4, 0.5) is 23.3 Å². The van der Waals surface area contributed by atoms with Crippen LogP contribution in [0.3, 0.4) is 0 Å². The molecule has 0 amide bonds. The van der Waals surface area contributed by atoms with E-state index in [1.54, 1.807) is 12.3 Å². The Morgan fingerprint density at radius 1 is 1.00 bits per heavy atom. The van der Waals surface area contributed by atoms with Crippen molar-refractivity contribution >= 4 is 45.1 Å². The first-order chi connectivity index (χ1) is 15.7. The lowest BCUT2D eigenvalue weighted by molar-refractivity contribution is 0.169. The molecule has 0 bridgehead atoms. The lowest BCUT2D eigenvalue weighted by atomic mass is 10.2. The van der Waals surface area contributed by atoms with Gasteiger partial charge in [0.2, 0.25) is 5.95 Å². The summed E-state index contributed by atoms with van der Waals surface area (Å²) in [5.41, 5.74) is 2.97. The van der Waals surface area contributed by atoms with Gasteiger partial charge in [0, 0.05) is 23.6 Å². The van der Waals surface area contributed by atoms with Gasteiger partial charge in [-0.25, -0.2) is 4.98 Å². The molecular formula is C22H18N8O2. The van der Waals surface area contributed by atoms with E-state index in [2.05, 4.69) is 41.0 Å². The maximum absolute atomic E-state index is 11.7. The molecule has 2 aromatic carbocycles. The lowest BCUT2D eigenvalue weighted by Gasteiger charge is -2.11. The van der Waals surface area contributed by atoms with Gasteiger partial charge in [-0.05, 0) is 36.4 Å². The first-order valence-corrected chi connectivity index (χ1v) is 10.1. The fourth-order valence-electron chi connectivity index (χ4n) is 3.74. The summed E-state index contributed by atoms with van der Waals surface area (Å²) in [5.74, 6) is 1.68. The highest BCUT2D eigenvalue weighted by atomic mass is 16.5. The Labute approximate surface area is 180 Å². The number of fused-ring (bicyclic) bond motifs is 2. The van der Waals surface area contributed by atoms with Gasteiger partial charge in [-0.2, -0.15) is 10.1 Å². The maximum atomic E-state index is 11.7. The minimum absolute atomic E-state index is 0.0489. The zero-order valence-corrected chi connectivity index (χ0v) is 16.7. The lowest BCUT2D eigenvalue weighted by Crippen LogP contribution is -2.02. The molecule has 3 aromatic heterocycles. The van der Waals surface area contributed by atoms with Crippen LogP contribution in [-0.2, 0) is 4.74 Å². The topological polar surface area (TPSA) is 136 Å². The number of aromatic amines is 3. The van der Waals surface area contributed by atoms with Crippen molar-refractivity contribution in [2.45, 2.75) is 12.5 Å². The summed E-state index contributed by atoms with van der Waals surface area (Å²) in [4.78, 5) is 21.0. The van der Waals surface area contributed by atoms with Gasteiger partial charge < -0.3 is 15.4 Å². The highest BCUT2D eigenvalue weighted by Crippen LogP contribution is 2.29. The number of benzene rings is 2. The molecule has 32 heavy (non-hydrogen) atoms. The average Bonchev–Trinajstić information content (AvgIpc) is 3.56. The van der Waals surface area contributed by atoms with E-state index in [-0.39, 0.29) is 11.7 Å². The van der Waals surface area contributed by atoms with E-state index in [1.807, 2.05) is 48.5 Å². The molecule has 5 N–H and O–H groups in total. The van der Waals surface area contributed by atoms with Crippen LogP contribution in [0.15, 0.2) is 65.7 Å².